The molecule has 1 amide bonds. The molecule has 1 aliphatic rings. The maximum atomic E-state index is 13.4. The molecule has 3 rings (SSSR count). The van der Waals surface area contributed by atoms with E-state index in [1.165, 1.54) is 23.0 Å². The quantitative estimate of drug-likeness (QED) is 0.473. The van der Waals surface area contributed by atoms with E-state index >= 15 is 0 Å². The Labute approximate surface area is 227 Å². The summed E-state index contributed by atoms with van der Waals surface area (Å²) >= 11 is 0. The lowest BCUT2D eigenvalue weighted by Crippen LogP contribution is -2.34. The molecule has 0 unspecified atom stereocenters. The number of aromatic nitrogens is 2. The number of amides is 1. The maximum Gasteiger partial charge on any atom is 0.573 e. The van der Waals surface area contributed by atoms with E-state index in [1.54, 1.807) is 13.0 Å². The lowest BCUT2D eigenvalue weighted by atomic mass is 9.88. The van der Waals surface area contributed by atoms with Gasteiger partial charge in [0.1, 0.15) is 21.7 Å². The molecule has 8 nitrogen and oxygen atoms in total. The van der Waals surface area contributed by atoms with Gasteiger partial charge in [0.05, 0.1) is 10.9 Å². The zero-order valence-corrected chi connectivity index (χ0v) is 23.7. The molecule has 214 valence electrons. The molecule has 0 aliphatic heterocycles. The lowest BCUT2D eigenvalue weighted by Gasteiger charge is -2.27. The second-order valence-corrected chi connectivity index (χ2v) is 13.6. The fraction of sp³-hybridized carbons (Fsp3) is 0.593. The van der Waals surface area contributed by atoms with Gasteiger partial charge in [0.25, 0.3) is 5.91 Å². The molecular formula is C27H35F3N4O4S. The van der Waals surface area contributed by atoms with E-state index in [1.807, 2.05) is 26.8 Å². The summed E-state index contributed by atoms with van der Waals surface area (Å²) < 4.78 is 69.3. The number of ether oxygens (including phenoxy) is 1. The third-order valence-electron chi connectivity index (χ3n) is 6.76. The molecule has 1 saturated carbocycles. The normalized spacial score (nSPS) is 18.4. The number of hydrogen-bond acceptors (Lipinski definition) is 6. The van der Waals surface area contributed by atoms with Gasteiger partial charge in [-0.2, -0.15) is 5.26 Å². The van der Waals surface area contributed by atoms with Gasteiger partial charge in [-0.1, -0.05) is 33.8 Å². The number of nitrogens with one attached hydrogen (secondary N) is 1. The average molecular weight is 569 g/mol. The number of carbonyl (C=O) groups is 1. The van der Waals surface area contributed by atoms with Crippen molar-refractivity contribution in [2.45, 2.75) is 77.8 Å². The Balaban J connectivity index is 1.92. The SMILES string of the molecule is CCc1nc(C(=O)NCC2CCC(S(C)(=O)=O)CC2)c(C#N)n1-c1ccc(CC(C)(C)C)cc1OC(F)(F)F. The number of sulfone groups is 1. The molecule has 0 saturated heterocycles. The van der Waals surface area contributed by atoms with Crippen LogP contribution in [0.4, 0.5) is 13.2 Å². The molecule has 1 fully saturated rings. The highest BCUT2D eigenvalue weighted by Crippen LogP contribution is 2.34. The third-order valence-corrected chi connectivity index (χ3v) is 8.44. The van der Waals surface area contributed by atoms with Crippen molar-refractivity contribution in [2.75, 3.05) is 12.8 Å². The van der Waals surface area contributed by atoms with E-state index in [9.17, 15) is 31.6 Å². The number of carbonyl (C=O) groups excluding carboxylic acids is 1. The first-order valence-electron chi connectivity index (χ1n) is 12.9. The van der Waals surface area contributed by atoms with Gasteiger partial charge in [0.2, 0.25) is 0 Å². The van der Waals surface area contributed by atoms with Gasteiger partial charge < -0.3 is 10.1 Å². The van der Waals surface area contributed by atoms with Crippen molar-refractivity contribution in [1.82, 2.24) is 14.9 Å². The zero-order valence-electron chi connectivity index (χ0n) is 22.9. The van der Waals surface area contributed by atoms with E-state index in [0.29, 0.717) is 37.7 Å². The molecule has 1 heterocycles. The van der Waals surface area contributed by atoms with E-state index < -0.39 is 27.9 Å². The van der Waals surface area contributed by atoms with Crippen molar-refractivity contribution >= 4 is 15.7 Å². The van der Waals surface area contributed by atoms with E-state index in [2.05, 4.69) is 15.0 Å². The van der Waals surface area contributed by atoms with Gasteiger partial charge >= 0.3 is 6.36 Å². The fourth-order valence-corrected chi connectivity index (χ4v) is 6.11. The highest BCUT2D eigenvalue weighted by Gasteiger charge is 2.34. The zero-order chi connectivity index (χ0) is 29.2. The Morgan fingerprint density at radius 2 is 1.85 bits per heavy atom. The number of nitrogens with zero attached hydrogens (tertiary/aromatic N) is 3. The molecule has 1 N–H and O–H groups in total. The van der Waals surface area contributed by atoms with E-state index in [-0.39, 0.29) is 52.4 Å². The van der Waals surface area contributed by atoms with Gasteiger partial charge in [0, 0.05) is 19.2 Å². The van der Waals surface area contributed by atoms with Crippen LogP contribution in [0.5, 0.6) is 5.75 Å². The van der Waals surface area contributed by atoms with Crippen LogP contribution in [-0.2, 0) is 22.7 Å². The first kappa shape index (κ1) is 30.5. The molecule has 0 atom stereocenters. The monoisotopic (exact) mass is 568 g/mol. The molecule has 39 heavy (non-hydrogen) atoms. The first-order valence-corrected chi connectivity index (χ1v) is 14.9. The highest BCUT2D eigenvalue weighted by atomic mass is 32.2. The predicted octanol–water partition coefficient (Wildman–Crippen LogP) is 5.13. The smallest absolute Gasteiger partial charge is 0.404 e. The first-order chi connectivity index (χ1) is 18.0. The summed E-state index contributed by atoms with van der Waals surface area (Å²) in [6.07, 6.45) is -0.689. The Hall–Kier alpha value is -3.07. The molecule has 12 heteroatoms. The van der Waals surface area contributed by atoms with E-state index in [4.69, 9.17) is 0 Å². The summed E-state index contributed by atoms with van der Waals surface area (Å²) in [5.74, 6) is -0.788. The minimum atomic E-state index is -4.97. The van der Waals surface area contributed by atoms with Crippen LogP contribution >= 0.6 is 0 Å². The average Bonchev–Trinajstić information content (AvgIpc) is 3.19. The topological polar surface area (TPSA) is 114 Å². The van der Waals surface area contributed by atoms with Crippen molar-refractivity contribution in [3.63, 3.8) is 0 Å². The summed E-state index contributed by atoms with van der Waals surface area (Å²) in [5, 5.41) is 12.4. The lowest BCUT2D eigenvalue weighted by molar-refractivity contribution is -0.274. The van der Waals surface area contributed by atoms with Crippen LogP contribution in [0.2, 0.25) is 0 Å². The number of hydrogen-bond donors (Lipinski definition) is 1. The van der Waals surface area contributed by atoms with Crippen molar-refractivity contribution in [2.24, 2.45) is 11.3 Å². The van der Waals surface area contributed by atoms with Crippen LogP contribution in [0, 0.1) is 22.7 Å². The van der Waals surface area contributed by atoms with Crippen molar-refractivity contribution < 1.29 is 31.1 Å². The van der Waals surface area contributed by atoms with Gasteiger partial charge in [-0.3, -0.25) is 9.36 Å². The third kappa shape index (κ3) is 7.97. The van der Waals surface area contributed by atoms with Crippen LogP contribution in [0.15, 0.2) is 18.2 Å². The van der Waals surface area contributed by atoms with Crippen LogP contribution in [0.25, 0.3) is 5.69 Å². The Bertz CT molecular complexity index is 1350. The van der Waals surface area contributed by atoms with Crippen LogP contribution in [-0.4, -0.2) is 48.3 Å². The molecule has 1 aliphatic carbocycles. The maximum absolute atomic E-state index is 13.4. The predicted molar refractivity (Wildman–Crippen MR) is 140 cm³/mol. The minimum absolute atomic E-state index is 0.0379. The molecule has 0 radical (unpaired) electrons. The Kier molecular flexibility index (Phi) is 9.05. The molecule has 1 aromatic heterocycles. The summed E-state index contributed by atoms with van der Waals surface area (Å²) in [5.41, 5.74) is 0.0275. The summed E-state index contributed by atoms with van der Waals surface area (Å²) in [6, 6.07) is 6.37. The number of imidazole rings is 1. The largest absolute Gasteiger partial charge is 0.573 e. The summed E-state index contributed by atoms with van der Waals surface area (Å²) in [7, 11) is -3.11. The molecular weight excluding hydrogens is 533 g/mol. The van der Waals surface area contributed by atoms with Crippen LogP contribution in [0.1, 0.15) is 80.9 Å². The van der Waals surface area contributed by atoms with Crippen LogP contribution < -0.4 is 10.1 Å². The molecule has 0 bridgehead atoms. The second kappa shape index (κ2) is 11.6. The number of aryl methyl sites for hydroxylation is 1. The van der Waals surface area contributed by atoms with Crippen molar-refractivity contribution in [1.29, 1.82) is 5.26 Å². The Morgan fingerprint density at radius 3 is 2.36 bits per heavy atom. The van der Waals surface area contributed by atoms with Crippen molar-refractivity contribution in [3.05, 3.63) is 41.0 Å². The fourth-order valence-electron chi connectivity index (χ4n) is 4.98. The summed E-state index contributed by atoms with van der Waals surface area (Å²) in [4.78, 5) is 17.4. The van der Waals surface area contributed by atoms with Crippen molar-refractivity contribution in [3.8, 4) is 17.5 Å². The number of rotatable bonds is 8. The van der Waals surface area contributed by atoms with E-state index in [0.717, 1.165) is 0 Å². The minimum Gasteiger partial charge on any atom is -0.404 e. The number of nitriles is 1. The number of halogens is 3. The standard InChI is InChI=1S/C27H35F3N4O4S/c1-6-23-33-24(25(35)32-16-17-7-10-19(11-8-17)39(5,36)37)21(15-31)34(23)20-12-9-18(14-26(2,3)4)13-22(20)38-27(28,29)30/h9,12-13,17,19H,6-8,10-11,14,16H2,1-5H3,(H,32,35). The second-order valence-electron chi connectivity index (χ2n) is 11.3. The number of benzene rings is 1. The molecule has 1 aromatic carbocycles. The van der Waals surface area contributed by atoms with Crippen LogP contribution in [0.3, 0.4) is 0 Å². The van der Waals surface area contributed by atoms with Gasteiger partial charge in [0.15, 0.2) is 17.1 Å². The van der Waals surface area contributed by atoms with Gasteiger partial charge in [-0.05, 0) is 61.1 Å². The molecule has 2 aromatic rings. The molecule has 0 spiro atoms. The highest BCUT2D eigenvalue weighted by molar-refractivity contribution is 7.91. The van der Waals surface area contributed by atoms with Gasteiger partial charge in [-0.25, -0.2) is 13.4 Å². The number of alkyl halides is 3. The Morgan fingerprint density at radius 1 is 1.21 bits per heavy atom. The summed E-state index contributed by atoms with van der Waals surface area (Å²) in [6.45, 7) is 7.89. The van der Waals surface area contributed by atoms with Gasteiger partial charge in [-0.15, -0.1) is 13.2 Å².